The zero-order chi connectivity index (χ0) is 24.6. The molecule has 1 aromatic heterocycles. The van der Waals surface area contributed by atoms with Crippen LogP contribution in [0.25, 0.3) is 43.6 Å². The number of ketones is 1. The Bertz CT molecular complexity index is 1810. The number of hydrogen-bond donors (Lipinski definition) is 0. The second kappa shape index (κ2) is 8.74. The van der Waals surface area contributed by atoms with Crippen LogP contribution in [-0.2, 0) is 4.74 Å². The Labute approximate surface area is 206 Å². The largest absolute Gasteiger partial charge is 0.497 e. The molecule has 0 spiro atoms. The highest BCUT2D eigenvalue weighted by atomic mass is 16.5. The molecule has 36 heavy (non-hydrogen) atoms. The van der Waals surface area contributed by atoms with Gasteiger partial charge < -0.3 is 9.47 Å². The van der Waals surface area contributed by atoms with Crippen molar-refractivity contribution in [2.45, 2.75) is 0 Å². The van der Waals surface area contributed by atoms with Crippen LogP contribution < -0.4 is 4.74 Å². The lowest BCUT2D eigenvalue weighted by atomic mass is 9.99. The van der Waals surface area contributed by atoms with Crippen molar-refractivity contribution < 1.29 is 19.1 Å². The maximum Gasteiger partial charge on any atom is 0.338 e. The predicted octanol–water partition coefficient (Wildman–Crippen LogP) is 6.14. The molecule has 0 N–H and O–H groups in total. The summed E-state index contributed by atoms with van der Waals surface area (Å²) in [6.07, 6.45) is 0. The molecule has 0 fully saturated rings. The van der Waals surface area contributed by atoms with Crippen molar-refractivity contribution in [3.05, 3.63) is 102 Å². The fraction of sp³-hybridized carbons (Fsp3) is 0.0667. The Morgan fingerprint density at radius 2 is 1.22 bits per heavy atom. The van der Waals surface area contributed by atoms with Crippen molar-refractivity contribution in [2.75, 3.05) is 13.7 Å². The van der Waals surface area contributed by atoms with Crippen molar-refractivity contribution in [1.82, 2.24) is 9.97 Å². The van der Waals surface area contributed by atoms with Gasteiger partial charge in [0.25, 0.3) is 0 Å². The molecule has 0 saturated heterocycles. The number of fused-ring (bicyclic) bond motifs is 7. The number of rotatable bonds is 5. The number of ether oxygens (including phenoxy) is 2. The number of carbonyl (C=O) groups is 2. The number of nitrogens with zero attached hydrogens (tertiary/aromatic N) is 2. The van der Waals surface area contributed by atoms with E-state index >= 15 is 0 Å². The van der Waals surface area contributed by atoms with E-state index in [1.54, 1.807) is 49.6 Å². The summed E-state index contributed by atoms with van der Waals surface area (Å²) in [6, 6.07) is 28.0. The Hall–Kier alpha value is -4.84. The summed E-state index contributed by atoms with van der Waals surface area (Å²) in [5, 5.41) is 4.25. The molecule has 0 radical (unpaired) electrons. The molecular formula is C30H20N2O4. The molecule has 0 aliphatic carbocycles. The van der Waals surface area contributed by atoms with Gasteiger partial charge in [0, 0.05) is 16.3 Å². The van der Waals surface area contributed by atoms with Gasteiger partial charge in [-0.3, -0.25) is 4.79 Å². The van der Waals surface area contributed by atoms with E-state index in [2.05, 4.69) is 18.2 Å². The average molecular weight is 473 g/mol. The monoisotopic (exact) mass is 472 g/mol. The van der Waals surface area contributed by atoms with Gasteiger partial charge in [-0.05, 0) is 53.2 Å². The summed E-state index contributed by atoms with van der Waals surface area (Å²) >= 11 is 0. The molecule has 0 aliphatic heterocycles. The van der Waals surface area contributed by atoms with Gasteiger partial charge in [-0.1, -0.05) is 48.5 Å². The maximum atomic E-state index is 12.7. The number of benzene rings is 5. The molecule has 0 bridgehead atoms. The molecule has 6 heteroatoms. The van der Waals surface area contributed by atoms with Crippen molar-refractivity contribution in [3.63, 3.8) is 0 Å². The summed E-state index contributed by atoms with van der Waals surface area (Å²) in [4.78, 5) is 35.0. The fourth-order valence-corrected chi connectivity index (χ4v) is 4.48. The number of carbonyl (C=O) groups excluding carboxylic acids is 2. The van der Waals surface area contributed by atoms with Crippen LogP contribution in [0.3, 0.4) is 0 Å². The Morgan fingerprint density at radius 1 is 0.667 bits per heavy atom. The number of esters is 1. The Kier molecular flexibility index (Phi) is 5.26. The summed E-state index contributed by atoms with van der Waals surface area (Å²) in [7, 11) is 1.56. The normalized spacial score (nSPS) is 11.2. The van der Waals surface area contributed by atoms with Gasteiger partial charge in [0.1, 0.15) is 5.75 Å². The topological polar surface area (TPSA) is 78.4 Å². The summed E-state index contributed by atoms with van der Waals surface area (Å²) in [5.41, 5.74) is 3.60. The number of methoxy groups -OCH3 is 1. The van der Waals surface area contributed by atoms with Gasteiger partial charge in [-0.2, -0.15) is 0 Å². The lowest BCUT2D eigenvalue weighted by molar-refractivity contribution is 0.0475. The van der Waals surface area contributed by atoms with Gasteiger partial charge in [0.2, 0.25) is 0 Å². The Morgan fingerprint density at radius 3 is 1.83 bits per heavy atom. The third-order valence-electron chi connectivity index (χ3n) is 6.30. The SMILES string of the molecule is COc1ccc(C(=O)COC(=O)c2ccc3nc4c5ccccc5c5ccccc5c4nc3c2)cc1. The zero-order valence-corrected chi connectivity index (χ0v) is 19.4. The van der Waals surface area contributed by atoms with Crippen LogP contribution in [0, 0.1) is 0 Å². The minimum Gasteiger partial charge on any atom is -0.497 e. The predicted molar refractivity (Wildman–Crippen MR) is 140 cm³/mol. The quantitative estimate of drug-likeness (QED) is 0.130. The van der Waals surface area contributed by atoms with Crippen LogP contribution in [0.1, 0.15) is 20.7 Å². The van der Waals surface area contributed by atoms with E-state index < -0.39 is 5.97 Å². The molecule has 6 rings (SSSR count). The van der Waals surface area contributed by atoms with Crippen molar-refractivity contribution in [2.24, 2.45) is 0 Å². The first-order chi connectivity index (χ1) is 17.6. The fourth-order valence-electron chi connectivity index (χ4n) is 4.48. The number of Topliss-reactive ketones (excluding diaryl/α,β-unsaturated/α-hetero) is 1. The minimum atomic E-state index is -0.593. The number of hydrogen-bond acceptors (Lipinski definition) is 6. The van der Waals surface area contributed by atoms with Crippen LogP contribution in [0.4, 0.5) is 0 Å². The Balaban J connectivity index is 1.35. The van der Waals surface area contributed by atoms with E-state index in [0.717, 1.165) is 32.6 Å². The van der Waals surface area contributed by atoms with Crippen LogP contribution in [0.5, 0.6) is 5.75 Å². The summed E-state index contributed by atoms with van der Waals surface area (Å²) in [5.74, 6) is -0.242. The van der Waals surface area contributed by atoms with Gasteiger partial charge in [-0.15, -0.1) is 0 Å². The van der Waals surface area contributed by atoms with Crippen molar-refractivity contribution in [1.29, 1.82) is 0 Å². The molecule has 174 valence electrons. The molecule has 0 unspecified atom stereocenters. The van der Waals surface area contributed by atoms with Crippen LogP contribution in [-0.4, -0.2) is 35.4 Å². The first-order valence-corrected chi connectivity index (χ1v) is 11.5. The van der Waals surface area contributed by atoms with E-state index in [4.69, 9.17) is 19.4 Å². The molecule has 0 aliphatic rings. The molecule has 0 amide bonds. The van der Waals surface area contributed by atoms with E-state index in [1.807, 2.05) is 30.3 Å². The molecular weight excluding hydrogens is 452 g/mol. The molecule has 0 atom stereocenters. The smallest absolute Gasteiger partial charge is 0.338 e. The van der Waals surface area contributed by atoms with Crippen LogP contribution in [0.15, 0.2) is 91.0 Å². The average Bonchev–Trinajstić information content (AvgIpc) is 2.94. The van der Waals surface area contributed by atoms with E-state index in [1.165, 1.54) is 0 Å². The standard InChI is InChI=1S/C30H20N2O4/c1-35-20-13-10-18(11-14-20)27(33)17-36-30(34)19-12-15-25-26(16-19)32-29-24-9-5-3-7-22(24)21-6-2-4-8-23(21)28(29)31-25/h2-16H,17H2,1H3. The van der Waals surface area contributed by atoms with Gasteiger partial charge in [-0.25, -0.2) is 14.8 Å². The first kappa shape index (κ1) is 21.7. The zero-order valence-electron chi connectivity index (χ0n) is 19.4. The molecule has 6 nitrogen and oxygen atoms in total. The van der Waals surface area contributed by atoms with Gasteiger partial charge in [0.15, 0.2) is 12.4 Å². The molecule has 1 heterocycles. The van der Waals surface area contributed by atoms with Gasteiger partial charge >= 0.3 is 5.97 Å². The highest BCUT2D eigenvalue weighted by molar-refractivity contribution is 6.23. The number of aromatic nitrogens is 2. The minimum absolute atomic E-state index is 0.295. The second-order valence-corrected chi connectivity index (χ2v) is 8.44. The lowest BCUT2D eigenvalue weighted by Crippen LogP contribution is -2.14. The van der Waals surface area contributed by atoms with E-state index in [0.29, 0.717) is 27.9 Å². The van der Waals surface area contributed by atoms with E-state index in [-0.39, 0.29) is 12.4 Å². The van der Waals surface area contributed by atoms with Crippen molar-refractivity contribution >= 4 is 55.4 Å². The lowest BCUT2D eigenvalue weighted by Gasteiger charge is -2.10. The van der Waals surface area contributed by atoms with Gasteiger partial charge in [0.05, 0.1) is 34.7 Å². The van der Waals surface area contributed by atoms with Crippen LogP contribution >= 0.6 is 0 Å². The summed E-state index contributed by atoms with van der Waals surface area (Å²) < 4.78 is 10.4. The highest BCUT2D eigenvalue weighted by Crippen LogP contribution is 2.34. The first-order valence-electron chi connectivity index (χ1n) is 11.5. The maximum absolute atomic E-state index is 12.7. The third-order valence-corrected chi connectivity index (χ3v) is 6.30. The third kappa shape index (κ3) is 3.69. The second-order valence-electron chi connectivity index (χ2n) is 8.44. The van der Waals surface area contributed by atoms with Crippen LogP contribution in [0.2, 0.25) is 0 Å². The summed E-state index contributed by atoms with van der Waals surface area (Å²) in [6.45, 7) is -0.358. The van der Waals surface area contributed by atoms with Crippen molar-refractivity contribution in [3.8, 4) is 5.75 Å². The molecule has 6 aromatic rings. The van der Waals surface area contributed by atoms with E-state index in [9.17, 15) is 9.59 Å². The molecule has 0 saturated carbocycles. The highest BCUT2D eigenvalue weighted by Gasteiger charge is 2.15. The molecule has 5 aromatic carbocycles.